The number of piperidine rings is 1. The highest BCUT2D eigenvalue weighted by atomic mass is 16.2. The van der Waals surface area contributed by atoms with E-state index < -0.39 is 0 Å². The van der Waals surface area contributed by atoms with E-state index in [0.29, 0.717) is 0 Å². The van der Waals surface area contributed by atoms with Gasteiger partial charge in [0.2, 0.25) is 11.8 Å². The Kier molecular flexibility index (Phi) is 3.88. The van der Waals surface area contributed by atoms with Crippen LogP contribution in [-0.2, 0) is 4.79 Å². The largest absolute Gasteiger partial charge is 0.356 e. The molecule has 0 unspecified atom stereocenters. The molecular weight excluding hydrogens is 278 g/mol. The first-order chi connectivity index (χ1) is 10.6. The molecular formula is C17H21N3O2. The molecule has 0 saturated carbocycles. The molecule has 2 heterocycles. The van der Waals surface area contributed by atoms with Gasteiger partial charge in [0.15, 0.2) is 0 Å². The van der Waals surface area contributed by atoms with Crippen LogP contribution in [0.5, 0.6) is 0 Å². The zero-order valence-electron chi connectivity index (χ0n) is 13.1. The van der Waals surface area contributed by atoms with Crippen LogP contribution in [0.3, 0.4) is 0 Å². The van der Waals surface area contributed by atoms with E-state index in [-0.39, 0.29) is 11.8 Å². The number of benzene rings is 1. The van der Waals surface area contributed by atoms with Gasteiger partial charge in [0.25, 0.3) is 0 Å². The number of rotatable bonds is 2. The molecule has 22 heavy (non-hydrogen) atoms. The summed E-state index contributed by atoms with van der Waals surface area (Å²) in [6.07, 6.45) is 3.43. The molecule has 5 nitrogen and oxygen atoms in total. The molecule has 5 heteroatoms. The van der Waals surface area contributed by atoms with Gasteiger partial charge in [0.05, 0.1) is 11.2 Å². The summed E-state index contributed by atoms with van der Waals surface area (Å²) in [6.45, 7) is 4.89. The van der Waals surface area contributed by atoms with Gasteiger partial charge in [-0.2, -0.15) is 0 Å². The Morgan fingerprint density at radius 3 is 2.36 bits per heavy atom. The van der Waals surface area contributed by atoms with Gasteiger partial charge >= 0.3 is 0 Å². The van der Waals surface area contributed by atoms with E-state index in [2.05, 4.69) is 10.2 Å². The number of fused-ring (bicyclic) bond motifs is 1. The Labute approximate surface area is 129 Å². The van der Waals surface area contributed by atoms with E-state index in [9.17, 15) is 9.59 Å². The van der Waals surface area contributed by atoms with Crippen molar-refractivity contribution in [3.8, 4) is 0 Å². The lowest BCUT2D eigenvalue weighted by Crippen LogP contribution is -2.32. The molecule has 116 valence electrons. The van der Waals surface area contributed by atoms with Gasteiger partial charge < -0.3 is 10.2 Å². The molecule has 1 amide bonds. The second-order valence-corrected chi connectivity index (χ2v) is 5.80. The number of para-hydroxylation sites is 1. The molecule has 0 spiro atoms. The van der Waals surface area contributed by atoms with E-state index in [1.54, 1.807) is 11.5 Å². The lowest BCUT2D eigenvalue weighted by Gasteiger charge is -2.30. The minimum absolute atomic E-state index is 0.0339. The van der Waals surface area contributed by atoms with E-state index in [1.807, 2.05) is 24.3 Å². The second kappa shape index (κ2) is 5.83. The molecule has 0 bridgehead atoms. The fraction of sp³-hybridized carbons (Fsp3) is 0.412. The third-order valence-corrected chi connectivity index (χ3v) is 4.12. The third-order valence-electron chi connectivity index (χ3n) is 4.12. The standard InChI is InChI=1S/C17H21N3O2/c1-12(21)18-16-14-8-4-5-9-15(14)20(13(2)22)17(16)19-10-6-3-7-11-19/h4-5,8-9H,3,6-7,10-11H2,1-2H3,(H,18,21). The van der Waals surface area contributed by atoms with Crippen LogP contribution >= 0.6 is 0 Å². The first-order valence-corrected chi connectivity index (χ1v) is 7.76. The Hall–Kier alpha value is -2.30. The van der Waals surface area contributed by atoms with E-state index in [1.165, 1.54) is 13.3 Å². The maximum absolute atomic E-state index is 12.2. The van der Waals surface area contributed by atoms with E-state index in [4.69, 9.17) is 0 Å². The molecule has 1 aromatic carbocycles. The molecule has 1 fully saturated rings. The summed E-state index contributed by atoms with van der Waals surface area (Å²) in [5.74, 6) is 0.668. The minimum atomic E-state index is -0.121. The normalized spacial score (nSPS) is 15.1. The number of carbonyl (C=O) groups excluding carboxylic acids is 2. The van der Waals surface area contributed by atoms with Gasteiger partial charge in [-0.05, 0) is 25.3 Å². The summed E-state index contributed by atoms with van der Waals surface area (Å²) in [7, 11) is 0. The highest BCUT2D eigenvalue weighted by Crippen LogP contribution is 2.38. The van der Waals surface area contributed by atoms with Crippen LogP contribution in [0.15, 0.2) is 24.3 Å². The van der Waals surface area contributed by atoms with Gasteiger partial charge in [-0.3, -0.25) is 14.2 Å². The van der Waals surface area contributed by atoms with Gasteiger partial charge in [0, 0.05) is 32.3 Å². The van der Waals surface area contributed by atoms with Gasteiger partial charge in [-0.25, -0.2) is 0 Å². The van der Waals surface area contributed by atoms with Gasteiger partial charge in [0.1, 0.15) is 5.82 Å². The van der Waals surface area contributed by atoms with Crippen molar-refractivity contribution >= 4 is 34.2 Å². The number of amides is 1. The molecule has 1 aliphatic heterocycles. The summed E-state index contributed by atoms with van der Waals surface area (Å²) in [4.78, 5) is 26.1. The van der Waals surface area contributed by atoms with E-state index >= 15 is 0 Å². The summed E-state index contributed by atoms with van der Waals surface area (Å²) in [6, 6.07) is 7.72. The molecule has 0 atom stereocenters. The predicted molar refractivity (Wildman–Crippen MR) is 88.6 cm³/mol. The smallest absolute Gasteiger partial charge is 0.229 e. The number of nitrogens with zero attached hydrogens (tertiary/aromatic N) is 2. The summed E-state index contributed by atoms with van der Waals surface area (Å²) >= 11 is 0. The van der Waals surface area contributed by atoms with Crippen LogP contribution in [0.4, 0.5) is 11.5 Å². The van der Waals surface area contributed by atoms with Crippen molar-refractivity contribution in [3.63, 3.8) is 0 Å². The minimum Gasteiger partial charge on any atom is -0.356 e. The molecule has 3 rings (SSSR count). The maximum Gasteiger partial charge on any atom is 0.229 e. The van der Waals surface area contributed by atoms with Crippen LogP contribution in [0, 0.1) is 0 Å². The zero-order valence-corrected chi connectivity index (χ0v) is 13.1. The van der Waals surface area contributed by atoms with Gasteiger partial charge in [-0.1, -0.05) is 18.2 Å². The number of aromatic nitrogens is 1. The predicted octanol–water partition coefficient (Wildman–Crippen LogP) is 3.25. The molecule has 0 aliphatic carbocycles. The first-order valence-electron chi connectivity index (χ1n) is 7.76. The van der Waals surface area contributed by atoms with Crippen LogP contribution in [0.25, 0.3) is 10.9 Å². The maximum atomic E-state index is 12.2. The second-order valence-electron chi connectivity index (χ2n) is 5.80. The average molecular weight is 299 g/mol. The van der Waals surface area contributed by atoms with Gasteiger partial charge in [-0.15, -0.1) is 0 Å². The zero-order chi connectivity index (χ0) is 15.7. The molecule has 1 aromatic heterocycles. The van der Waals surface area contributed by atoms with Crippen molar-refractivity contribution in [2.45, 2.75) is 33.1 Å². The Balaban J connectivity index is 2.26. The highest BCUT2D eigenvalue weighted by Gasteiger charge is 2.25. The molecule has 1 saturated heterocycles. The Morgan fingerprint density at radius 2 is 1.73 bits per heavy atom. The molecule has 1 N–H and O–H groups in total. The van der Waals surface area contributed by atoms with Crippen molar-refractivity contribution in [3.05, 3.63) is 24.3 Å². The van der Waals surface area contributed by atoms with E-state index in [0.717, 1.165) is 48.3 Å². The summed E-state index contributed by atoms with van der Waals surface area (Å²) < 4.78 is 1.73. The van der Waals surface area contributed by atoms with Crippen LogP contribution in [0.1, 0.15) is 37.9 Å². The third kappa shape index (κ3) is 2.47. The highest BCUT2D eigenvalue weighted by molar-refractivity contribution is 6.11. The fourth-order valence-electron chi connectivity index (χ4n) is 3.25. The number of hydrogen-bond donors (Lipinski definition) is 1. The molecule has 2 aromatic rings. The SMILES string of the molecule is CC(=O)Nc1c(N2CCCCC2)n(C(C)=O)c2ccccc12. The lowest BCUT2D eigenvalue weighted by molar-refractivity contribution is -0.114. The number of nitrogens with one attached hydrogen (secondary N) is 1. The van der Waals surface area contributed by atoms with Crippen molar-refractivity contribution in [2.24, 2.45) is 0 Å². The van der Waals surface area contributed by atoms with Crippen molar-refractivity contribution in [2.75, 3.05) is 23.3 Å². The van der Waals surface area contributed by atoms with Crippen molar-refractivity contribution in [1.82, 2.24) is 4.57 Å². The number of carbonyl (C=O) groups is 2. The summed E-state index contributed by atoms with van der Waals surface area (Å²) in [5.41, 5.74) is 1.60. The fourth-order valence-corrected chi connectivity index (χ4v) is 3.25. The number of anilines is 2. The number of hydrogen-bond acceptors (Lipinski definition) is 3. The monoisotopic (exact) mass is 299 g/mol. The molecule has 0 radical (unpaired) electrons. The molecule has 1 aliphatic rings. The summed E-state index contributed by atoms with van der Waals surface area (Å²) in [5, 5.41) is 3.85. The Morgan fingerprint density at radius 1 is 1.05 bits per heavy atom. The van der Waals surface area contributed by atoms with Crippen molar-refractivity contribution in [1.29, 1.82) is 0 Å². The Bertz CT molecular complexity index is 727. The van der Waals surface area contributed by atoms with Crippen LogP contribution in [-0.4, -0.2) is 29.5 Å². The topological polar surface area (TPSA) is 54.3 Å². The lowest BCUT2D eigenvalue weighted by atomic mass is 10.1. The quantitative estimate of drug-likeness (QED) is 0.926. The first kappa shape index (κ1) is 14.6. The van der Waals surface area contributed by atoms with Crippen LogP contribution in [0.2, 0.25) is 0 Å². The average Bonchev–Trinajstić information content (AvgIpc) is 2.82. The van der Waals surface area contributed by atoms with Crippen LogP contribution < -0.4 is 10.2 Å². The van der Waals surface area contributed by atoms with Crippen molar-refractivity contribution < 1.29 is 9.59 Å².